The van der Waals surface area contributed by atoms with Crippen LogP contribution in [0, 0.1) is 27.9 Å². The van der Waals surface area contributed by atoms with Crippen molar-refractivity contribution >= 4 is 11.8 Å². The maximum absolute atomic E-state index is 11.7. The van der Waals surface area contributed by atoms with E-state index in [0.29, 0.717) is 24.4 Å². The van der Waals surface area contributed by atoms with Crippen LogP contribution in [0.25, 0.3) is 0 Å². The Balaban J connectivity index is 1.44. The first-order valence-electron chi connectivity index (χ1n) is 7.89. The van der Waals surface area contributed by atoms with E-state index in [2.05, 4.69) is 12.2 Å². The first-order chi connectivity index (χ1) is 11.1. The fraction of sp³-hybridized carbons (Fsp3) is 0.471. The summed E-state index contributed by atoms with van der Waals surface area (Å²) in [6.45, 7) is 0.390. The molecule has 1 aromatic carbocycles. The topological polar surface area (TPSA) is 78.7 Å². The molecule has 0 heterocycles. The molecule has 0 amide bonds. The van der Waals surface area contributed by atoms with Crippen molar-refractivity contribution in [3.63, 3.8) is 0 Å². The van der Waals surface area contributed by atoms with E-state index in [1.54, 1.807) is 0 Å². The highest BCUT2D eigenvalue weighted by atomic mass is 16.7. The van der Waals surface area contributed by atoms with Gasteiger partial charge in [0.15, 0.2) is 0 Å². The van der Waals surface area contributed by atoms with Crippen molar-refractivity contribution in [1.29, 1.82) is 0 Å². The zero-order chi connectivity index (χ0) is 16.2. The largest absolute Gasteiger partial charge is 0.513 e. The van der Waals surface area contributed by atoms with Gasteiger partial charge in [0.05, 0.1) is 11.5 Å². The van der Waals surface area contributed by atoms with Gasteiger partial charge in [0.25, 0.3) is 5.69 Å². The number of non-ortho nitro benzene ring substituents is 1. The van der Waals surface area contributed by atoms with Crippen LogP contribution in [0.1, 0.15) is 25.7 Å². The highest BCUT2D eigenvalue weighted by Crippen LogP contribution is 2.52. The fourth-order valence-electron chi connectivity index (χ4n) is 3.37. The molecule has 1 fully saturated rings. The van der Waals surface area contributed by atoms with Crippen molar-refractivity contribution in [3.8, 4) is 5.75 Å². The predicted molar refractivity (Wildman–Crippen MR) is 83.2 cm³/mol. The van der Waals surface area contributed by atoms with Crippen LogP contribution in [-0.2, 0) is 4.74 Å². The number of hydrogen-bond acceptors (Lipinski definition) is 5. The van der Waals surface area contributed by atoms with E-state index in [1.165, 1.54) is 24.3 Å². The lowest BCUT2D eigenvalue weighted by molar-refractivity contribution is -0.384. The molecular formula is C17H19NO5. The lowest BCUT2D eigenvalue weighted by atomic mass is 10.1. The Bertz CT molecular complexity index is 594. The first kappa shape index (κ1) is 15.5. The standard InChI is InChI=1S/C17H19NO5/c19-17(23-13-9-7-12(8-10-13)18(20)21)22-11-16-14-5-3-1-2-4-6-15(14)16/h1-2,7-10,14-16H,3-6,11H2/b2-1+/t14-,15+,16?. The van der Waals surface area contributed by atoms with Crippen LogP contribution in [0.3, 0.4) is 0 Å². The van der Waals surface area contributed by atoms with E-state index in [4.69, 9.17) is 9.47 Å². The number of allylic oxidation sites excluding steroid dienone is 2. The molecule has 2 aliphatic carbocycles. The van der Waals surface area contributed by atoms with E-state index in [1.807, 2.05) is 0 Å². The second kappa shape index (κ2) is 6.81. The summed E-state index contributed by atoms with van der Waals surface area (Å²) >= 11 is 0. The minimum absolute atomic E-state index is 0.0477. The molecule has 0 saturated heterocycles. The second-order valence-electron chi connectivity index (χ2n) is 6.03. The molecule has 0 aromatic heterocycles. The Kier molecular flexibility index (Phi) is 4.60. The zero-order valence-corrected chi connectivity index (χ0v) is 12.7. The first-order valence-corrected chi connectivity index (χ1v) is 7.89. The molecule has 0 aliphatic heterocycles. The van der Waals surface area contributed by atoms with Gasteiger partial charge in [-0.05, 0) is 55.6 Å². The average Bonchev–Trinajstić information content (AvgIpc) is 3.15. The van der Waals surface area contributed by atoms with Gasteiger partial charge >= 0.3 is 6.16 Å². The summed E-state index contributed by atoms with van der Waals surface area (Å²) in [5.41, 5.74) is -0.0477. The number of nitro groups is 1. The number of rotatable bonds is 4. The van der Waals surface area contributed by atoms with Gasteiger partial charge in [-0.25, -0.2) is 4.79 Å². The lowest BCUT2D eigenvalue weighted by Crippen LogP contribution is -2.13. The minimum Gasteiger partial charge on any atom is -0.434 e. The Morgan fingerprint density at radius 1 is 1.13 bits per heavy atom. The number of carbonyl (C=O) groups excluding carboxylic acids is 1. The van der Waals surface area contributed by atoms with E-state index in [0.717, 1.165) is 25.7 Å². The third kappa shape index (κ3) is 3.88. The van der Waals surface area contributed by atoms with Gasteiger partial charge in [0.1, 0.15) is 5.75 Å². The van der Waals surface area contributed by atoms with Crippen molar-refractivity contribution < 1.29 is 19.2 Å². The smallest absolute Gasteiger partial charge is 0.434 e. The summed E-state index contributed by atoms with van der Waals surface area (Å²) in [5, 5.41) is 10.6. The van der Waals surface area contributed by atoms with Gasteiger partial charge in [-0.1, -0.05) is 12.2 Å². The fourth-order valence-corrected chi connectivity index (χ4v) is 3.37. The van der Waals surface area contributed by atoms with Gasteiger partial charge in [-0.3, -0.25) is 10.1 Å². The summed E-state index contributed by atoms with van der Waals surface area (Å²) in [6, 6.07) is 5.35. The normalized spacial score (nSPS) is 27.0. The van der Waals surface area contributed by atoms with E-state index < -0.39 is 11.1 Å². The molecular weight excluding hydrogens is 298 g/mol. The van der Waals surface area contributed by atoms with Crippen LogP contribution in [0.5, 0.6) is 5.75 Å². The lowest BCUT2D eigenvalue weighted by Gasteiger charge is -2.05. The van der Waals surface area contributed by atoms with Crippen molar-refractivity contribution in [2.45, 2.75) is 25.7 Å². The number of ether oxygens (including phenoxy) is 2. The van der Waals surface area contributed by atoms with Gasteiger partial charge in [-0.15, -0.1) is 0 Å². The number of fused-ring (bicyclic) bond motifs is 1. The third-order valence-corrected chi connectivity index (χ3v) is 4.65. The molecule has 23 heavy (non-hydrogen) atoms. The molecule has 0 radical (unpaired) electrons. The number of nitro benzene ring substituents is 1. The number of benzene rings is 1. The average molecular weight is 317 g/mol. The molecule has 3 atom stereocenters. The van der Waals surface area contributed by atoms with Crippen LogP contribution >= 0.6 is 0 Å². The summed E-state index contributed by atoms with van der Waals surface area (Å²) in [4.78, 5) is 21.8. The quantitative estimate of drug-likeness (QED) is 0.274. The second-order valence-corrected chi connectivity index (χ2v) is 6.03. The van der Waals surface area contributed by atoms with Gasteiger partial charge in [-0.2, -0.15) is 0 Å². The number of hydrogen-bond donors (Lipinski definition) is 0. The van der Waals surface area contributed by atoms with E-state index in [9.17, 15) is 14.9 Å². The van der Waals surface area contributed by atoms with Crippen LogP contribution in [0.2, 0.25) is 0 Å². The van der Waals surface area contributed by atoms with Crippen LogP contribution in [0.15, 0.2) is 36.4 Å². The molecule has 6 heteroatoms. The summed E-state index contributed by atoms with van der Waals surface area (Å²) in [6.07, 6.45) is 8.23. The molecule has 0 N–H and O–H groups in total. The number of nitrogens with zero attached hydrogens (tertiary/aromatic N) is 1. The highest BCUT2D eigenvalue weighted by molar-refractivity contribution is 5.64. The molecule has 2 aliphatic rings. The maximum Gasteiger partial charge on any atom is 0.513 e. The SMILES string of the molecule is O=C(OCC1[C@H]2CC/C=C/CC[C@@H]12)Oc1ccc([N+](=O)[O-])cc1. The Morgan fingerprint density at radius 3 is 2.30 bits per heavy atom. The molecule has 122 valence electrons. The summed E-state index contributed by atoms with van der Waals surface area (Å²) in [5.74, 6) is 2.00. The molecule has 1 unspecified atom stereocenters. The van der Waals surface area contributed by atoms with Crippen molar-refractivity contribution in [1.82, 2.24) is 0 Å². The molecule has 0 spiro atoms. The van der Waals surface area contributed by atoms with Crippen molar-refractivity contribution in [2.75, 3.05) is 6.61 Å². The maximum atomic E-state index is 11.7. The Morgan fingerprint density at radius 2 is 1.74 bits per heavy atom. The van der Waals surface area contributed by atoms with E-state index in [-0.39, 0.29) is 11.4 Å². The Hall–Kier alpha value is -2.37. The molecule has 3 rings (SSSR count). The minimum atomic E-state index is -0.753. The molecule has 1 aromatic rings. The van der Waals surface area contributed by atoms with Gasteiger partial charge in [0.2, 0.25) is 0 Å². The van der Waals surface area contributed by atoms with Crippen molar-refractivity contribution in [3.05, 3.63) is 46.5 Å². The predicted octanol–water partition coefficient (Wildman–Crippen LogP) is 4.10. The summed E-state index contributed by atoms with van der Waals surface area (Å²) in [7, 11) is 0. The van der Waals surface area contributed by atoms with Gasteiger partial charge in [0, 0.05) is 12.1 Å². The van der Waals surface area contributed by atoms with Crippen molar-refractivity contribution in [2.24, 2.45) is 17.8 Å². The zero-order valence-electron chi connectivity index (χ0n) is 12.7. The molecule has 0 bridgehead atoms. The molecule has 6 nitrogen and oxygen atoms in total. The monoisotopic (exact) mass is 317 g/mol. The number of carbonyl (C=O) groups is 1. The van der Waals surface area contributed by atoms with Crippen LogP contribution in [-0.4, -0.2) is 17.7 Å². The van der Waals surface area contributed by atoms with Crippen LogP contribution < -0.4 is 4.74 Å². The molecule has 1 saturated carbocycles. The third-order valence-electron chi connectivity index (χ3n) is 4.65. The summed E-state index contributed by atoms with van der Waals surface area (Å²) < 4.78 is 10.2. The van der Waals surface area contributed by atoms with E-state index >= 15 is 0 Å². The highest BCUT2D eigenvalue weighted by Gasteiger charge is 2.49. The van der Waals surface area contributed by atoms with Crippen LogP contribution in [0.4, 0.5) is 10.5 Å². The van der Waals surface area contributed by atoms with Gasteiger partial charge < -0.3 is 9.47 Å². The Labute approximate surface area is 134 Å².